The van der Waals surface area contributed by atoms with Crippen LogP contribution in [0.1, 0.15) is 0 Å². The number of rotatable bonds is 1. The normalized spacial score (nSPS) is 12.6. The first-order valence-electron chi connectivity index (χ1n) is 2.20. The van der Waals surface area contributed by atoms with Crippen LogP contribution in [0.4, 0.5) is 13.2 Å². The van der Waals surface area contributed by atoms with Gasteiger partial charge in [0.15, 0.2) is 0 Å². The summed E-state index contributed by atoms with van der Waals surface area (Å²) >= 11 is 0. The molecule has 0 saturated carbocycles. The summed E-state index contributed by atoms with van der Waals surface area (Å²) in [5.41, 5.74) is 0. The van der Waals surface area contributed by atoms with Gasteiger partial charge < -0.3 is 0 Å². The van der Waals surface area contributed by atoms with Gasteiger partial charge >= 0.3 is 6.30 Å². The van der Waals surface area contributed by atoms with E-state index in [9.17, 15) is 13.2 Å². The zero-order valence-electron chi connectivity index (χ0n) is 5.11. The number of hydrogen-bond acceptors (Lipinski definition) is 1. The molecule has 0 aromatic carbocycles. The Bertz CT molecular complexity index is 107. The molecule has 0 amide bonds. The highest BCUT2D eigenvalue weighted by Crippen LogP contribution is 2.16. The van der Waals surface area contributed by atoms with Crippen molar-refractivity contribution in [1.29, 1.82) is 0 Å². The van der Waals surface area contributed by atoms with Crippen LogP contribution in [0.3, 0.4) is 0 Å². The second kappa shape index (κ2) is 2.70. The van der Waals surface area contributed by atoms with Crippen LogP contribution in [0.15, 0.2) is 4.99 Å². The first kappa shape index (κ1) is 8.26. The highest BCUT2D eigenvalue weighted by Gasteiger charge is 2.31. The Kier molecular flexibility index (Phi) is 2.48. The molecular formula is C4H7F3N2. The Morgan fingerprint density at radius 3 is 2.00 bits per heavy atom. The third-order valence-corrected chi connectivity index (χ3v) is 0.689. The van der Waals surface area contributed by atoms with E-state index in [-0.39, 0.29) is 4.90 Å². The molecule has 0 radical (unpaired) electrons. The molecule has 0 bridgehead atoms. The standard InChI is InChI=1S/C4H7F3N2/c1-8-3-9(2)4(5,6)7/h3H,1-2H3. The molecule has 0 unspecified atom stereocenters. The third kappa shape index (κ3) is 2.94. The number of nitrogens with zero attached hydrogens (tertiary/aromatic N) is 2. The van der Waals surface area contributed by atoms with Crippen LogP contribution < -0.4 is 0 Å². The summed E-state index contributed by atoms with van der Waals surface area (Å²) < 4.78 is 34.4. The van der Waals surface area contributed by atoms with E-state index in [0.29, 0.717) is 6.34 Å². The van der Waals surface area contributed by atoms with Crippen LogP contribution >= 0.6 is 0 Å². The molecule has 0 N–H and O–H groups in total. The Hall–Kier alpha value is -0.740. The second-order valence-corrected chi connectivity index (χ2v) is 1.45. The molecule has 0 aromatic heterocycles. The van der Waals surface area contributed by atoms with Crippen LogP contribution in [-0.2, 0) is 0 Å². The summed E-state index contributed by atoms with van der Waals surface area (Å²) in [6.45, 7) is 0. The van der Waals surface area contributed by atoms with Gasteiger partial charge in [-0.1, -0.05) is 0 Å². The topological polar surface area (TPSA) is 15.6 Å². The van der Waals surface area contributed by atoms with E-state index in [2.05, 4.69) is 4.99 Å². The average molecular weight is 140 g/mol. The Morgan fingerprint density at radius 1 is 1.44 bits per heavy atom. The van der Waals surface area contributed by atoms with Crippen molar-refractivity contribution in [3.63, 3.8) is 0 Å². The minimum atomic E-state index is -4.31. The third-order valence-electron chi connectivity index (χ3n) is 0.689. The van der Waals surface area contributed by atoms with E-state index in [1.54, 1.807) is 0 Å². The summed E-state index contributed by atoms with van der Waals surface area (Å²) in [7, 11) is 2.18. The van der Waals surface area contributed by atoms with Gasteiger partial charge in [0.1, 0.15) is 0 Å². The molecule has 0 aliphatic carbocycles. The molecule has 0 aliphatic rings. The highest BCUT2D eigenvalue weighted by atomic mass is 19.4. The van der Waals surface area contributed by atoms with E-state index in [4.69, 9.17) is 0 Å². The van der Waals surface area contributed by atoms with Gasteiger partial charge in [0.05, 0.1) is 6.34 Å². The van der Waals surface area contributed by atoms with Gasteiger partial charge in [-0.2, -0.15) is 13.2 Å². The Balaban J connectivity index is 3.88. The summed E-state index contributed by atoms with van der Waals surface area (Å²) in [6.07, 6.45) is -3.60. The largest absolute Gasteiger partial charge is 0.485 e. The minimum Gasteiger partial charge on any atom is -0.279 e. The van der Waals surface area contributed by atoms with Crippen molar-refractivity contribution >= 4 is 6.34 Å². The van der Waals surface area contributed by atoms with Gasteiger partial charge in [-0.3, -0.25) is 9.89 Å². The van der Waals surface area contributed by atoms with E-state index in [1.807, 2.05) is 0 Å². The molecule has 0 fully saturated rings. The molecule has 9 heavy (non-hydrogen) atoms. The number of aliphatic imine (C=N–C) groups is 1. The highest BCUT2D eigenvalue weighted by molar-refractivity contribution is 5.54. The van der Waals surface area contributed by atoms with Gasteiger partial charge in [-0.25, -0.2) is 0 Å². The molecular weight excluding hydrogens is 133 g/mol. The molecule has 0 spiro atoms. The summed E-state index contributed by atoms with van der Waals surface area (Å²) in [5, 5.41) is 0. The van der Waals surface area contributed by atoms with Crippen LogP contribution in [0.25, 0.3) is 0 Å². The monoisotopic (exact) mass is 140 g/mol. The second-order valence-electron chi connectivity index (χ2n) is 1.45. The van der Waals surface area contributed by atoms with Crippen molar-refractivity contribution in [3.8, 4) is 0 Å². The molecule has 0 atom stereocenters. The lowest BCUT2D eigenvalue weighted by Gasteiger charge is -2.15. The van der Waals surface area contributed by atoms with Crippen LogP contribution in [0.2, 0.25) is 0 Å². The fourth-order valence-electron chi connectivity index (χ4n) is 0.239. The van der Waals surface area contributed by atoms with Crippen molar-refractivity contribution in [2.75, 3.05) is 14.1 Å². The smallest absolute Gasteiger partial charge is 0.279 e. The van der Waals surface area contributed by atoms with E-state index >= 15 is 0 Å². The first-order valence-corrected chi connectivity index (χ1v) is 2.20. The van der Waals surface area contributed by atoms with Gasteiger partial charge in [-0.15, -0.1) is 0 Å². The van der Waals surface area contributed by atoms with Gasteiger partial charge in [0, 0.05) is 14.1 Å². The number of hydrogen-bond donors (Lipinski definition) is 0. The van der Waals surface area contributed by atoms with Crippen LogP contribution in [0, 0.1) is 0 Å². The number of alkyl halides is 3. The van der Waals surface area contributed by atoms with E-state index in [0.717, 1.165) is 7.05 Å². The van der Waals surface area contributed by atoms with Crippen molar-refractivity contribution < 1.29 is 13.2 Å². The van der Waals surface area contributed by atoms with Gasteiger partial charge in [0.25, 0.3) is 0 Å². The molecule has 2 nitrogen and oxygen atoms in total. The average Bonchev–Trinajstić information content (AvgIpc) is 1.64. The molecule has 0 rings (SSSR count). The molecule has 0 aromatic rings. The lowest BCUT2D eigenvalue weighted by Crippen LogP contribution is -2.32. The number of halogens is 3. The fraction of sp³-hybridized carbons (Fsp3) is 0.750. The Morgan fingerprint density at radius 2 is 1.89 bits per heavy atom. The minimum absolute atomic E-state index is 0.0764. The van der Waals surface area contributed by atoms with Gasteiger partial charge in [-0.05, 0) is 0 Å². The zero-order valence-corrected chi connectivity index (χ0v) is 5.11. The van der Waals surface area contributed by atoms with Crippen molar-refractivity contribution in [3.05, 3.63) is 0 Å². The summed E-state index contributed by atoms with van der Waals surface area (Å²) in [6, 6.07) is 0. The molecule has 0 aliphatic heterocycles. The zero-order chi connectivity index (χ0) is 7.49. The SMILES string of the molecule is CN=CN(C)C(F)(F)F. The quantitative estimate of drug-likeness (QED) is 0.302. The molecule has 54 valence electrons. The van der Waals surface area contributed by atoms with Crippen LogP contribution in [0.5, 0.6) is 0 Å². The lowest BCUT2D eigenvalue weighted by molar-refractivity contribution is -0.207. The van der Waals surface area contributed by atoms with E-state index in [1.165, 1.54) is 7.05 Å². The Labute approximate surface area is 51.0 Å². The molecule has 0 heterocycles. The van der Waals surface area contributed by atoms with E-state index < -0.39 is 6.30 Å². The lowest BCUT2D eigenvalue weighted by atomic mass is 10.8. The summed E-state index contributed by atoms with van der Waals surface area (Å²) in [5.74, 6) is 0. The maximum atomic E-state index is 11.5. The van der Waals surface area contributed by atoms with Crippen molar-refractivity contribution in [1.82, 2.24) is 4.90 Å². The van der Waals surface area contributed by atoms with Crippen molar-refractivity contribution in [2.45, 2.75) is 6.30 Å². The first-order chi connectivity index (χ1) is 3.98. The van der Waals surface area contributed by atoms with Gasteiger partial charge in [0.2, 0.25) is 0 Å². The predicted molar refractivity (Wildman–Crippen MR) is 28.2 cm³/mol. The maximum absolute atomic E-state index is 11.5. The molecule has 0 saturated heterocycles. The molecule has 5 heteroatoms. The van der Waals surface area contributed by atoms with Crippen molar-refractivity contribution in [2.24, 2.45) is 4.99 Å². The summed E-state index contributed by atoms with van der Waals surface area (Å²) in [4.78, 5) is 3.26. The fourth-order valence-corrected chi connectivity index (χ4v) is 0.239. The van der Waals surface area contributed by atoms with Crippen LogP contribution in [-0.4, -0.2) is 31.6 Å². The predicted octanol–water partition coefficient (Wildman–Crippen LogP) is 1.10. The maximum Gasteiger partial charge on any atom is 0.485 e.